The molecule has 0 bridgehead atoms. The lowest BCUT2D eigenvalue weighted by molar-refractivity contribution is -0.119. The zero-order chi connectivity index (χ0) is 11.5. The van der Waals surface area contributed by atoms with E-state index in [9.17, 15) is 9.18 Å². The van der Waals surface area contributed by atoms with Crippen LogP contribution in [-0.4, -0.2) is 24.4 Å². The lowest BCUT2D eigenvalue weighted by Crippen LogP contribution is -2.14. The van der Waals surface area contributed by atoms with Crippen LogP contribution in [0.2, 0.25) is 0 Å². The fourth-order valence-electron chi connectivity index (χ4n) is 1.77. The number of rotatable bonds is 3. The van der Waals surface area contributed by atoms with Gasteiger partial charge in [-0.05, 0) is 18.1 Å². The van der Waals surface area contributed by atoms with Gasteiger partial charge in [0.05, 0.1) is 12.9 Å². The second kappa shape index (κ2) is 4.87. The molecule has 1 atom stereocenters. The van der Waals surface area contributed by atoms with E-state index in [0.717, 1.165) is 5.75 Å². The predicted octanol–water partition coefficient (Wildman–Crippen LogP) is 2.31. The van der Waals surface area contributed by atoms with Crippen LogP contribution in [0.15, 0.2) is 18.2 Å². The quantitative estimate of drug-likeness (QED) is 0.811. The van der Waals surface area contributed by atoms with Gasteiger partial charge in [-0.15, -0.1) is 0 Å². The zero-order valence-electron chi connectivity index (χ0n) is 9.03. The van der Waals surface area contributed by atoms with Crippen molar-refractivity contribution in [2.24, 2.45) is 5.92 Å². The molecule has 0 aliphatic carbocycles. The summed E-state index contributed by atoms with van der Waals surface area (Å²) in [6.45, 7) is 0. The van der Waals surface area contributed by atoms with Gasteiger partial charge in [0.25, 0.3) is 0 Å². The molecular formula is C12H13FO2S. The minimum atomic E-state index is -0.288. The summed E-state index contributed by atoms with van der Waals surface area (Å²) in [5.74, 6) is 1.82. The molecule has 0 aromatic heterocycles. The van der Waals surface area contributed by atoms with Crippen LogP contribution < -0.4 is 4.74 Å². The van der Waals surface area contributed by atoms with Crippen molar-refractivity contribution in [3.63, 3.8) is 0 Å². The fraction of sp³-hybridized carbons (Fsp3) is 0.417. The second-order valence-corrected chi connectivity index (χ2v) is 4.87. The average Bonchev–Trinajstić information content (AvgIpc) is 2.67. The van der Waals surface area contributed by atoms with Crippen LogP contribution in [0.3, 0.4) is 0 Å². The first kappa shape index (κ1) is 11.5. The third-order valence-corrected chi connectivity index (χ3v) is 3.87. The van der Waals surface area contributed by atoms with Crippen LogP contribution in [0.4, 0.5) is 4.39 Å². The van der Waals surface area contributed by atoms with E-state index in [-0.39, 0.29) is 17.5 Å². The molecule has 1 aliphatic heterocycles. The first-order valence-corrected chi connectivity index (χ1v) is 6.29. The summed E-state index contributed by atoms with van der Waals surface area (Å²) in [6, 6.07) is 4.79. The minimum absolute atomic E-state index is 0.0205. The molecule has 0 radical (unpaired) electrons. The van der Waals surface area contributed by atoms with Gasteiger partial charge >= 0.3 is 0 Å². The summed E-state index contributed by atoms with van der Waals surface area (Å²) >= 11 is 1.63. The SMILES string of the molecule is COc1ccc(CC2CSCC2=O)c(F)c1. The number of ether oxygens (including phenoxy) is 1. The average molecular weight is 240 g/mol. The minimum Gasteiger partial charge on any atom is -0.497 e. The van der Waals surface area contributed by atoms with Crippen molar-refractivity contribution in [1.82, 2.24) is 0 Å². The van der Waals surface area contributed by atoms with Crippen LogP contribution in [0, 0.1) is 11.7 Å². The van der Waals surface area contributed by atoms with Crippen molar-refractivity contribution in [3.8, 4) is 5.75 Å². The van der Waals surface area contributed by atoms with Crippen LogP contribution >= 0.6 is 11.8 Å². The Balaban J connectivity index is 2.12. The third kappa shape index (κ3) is 2.38. The van der Waals surface area contributed by atoms with E-state index in [4.69, 9.17) is 4.74 Å². The second-order valence-electron chi connectivity index (χ2n) is 3.84. The number of thioether (sulfide) groups is 1. The summed E-state index contributed by atoms with van der Waals surface area (Å²) < 4.78 is 18.5. The fourth-order valence-corrected chi connectivity index (χ4v) is 2.91. The van der Waals surface area contributed by atoms with Gasteiger partial charge in [-0.25, -0.2) is 4.39 Å². The number of ketones is 1. The highest BCUT2D eigenvalue weighted by Gasteiger charge is 2.25. The van der Waals surface area contributed by atoms with E-state index in [1.807, 2.05) is 0 Å². The molecule has 1 saturated heterocycles. The predicted molar refractivity (Wildman–Crippen MR) is 62.5 cm³/mol. The molecule has 1 heterocycles. The summed E-state index contributed by atoms with van der Waals surface area (Å²) in [7, 11) is 1.51. The lowest BCUT2D eigenvalue weighted by Gasteiger charge is -2.09. The van der Waals surface area contributed by atoms with Gasteiger partial charge in [-0.3, -0.25) is 4.79 Å². The number of carbonyl (C=O) groups excluding carboxylic acids is 1. The van der Waals surface area contributed by atoms with Crippen molar-refractivity contribution in [2.45, 2.75) is 6.42 Å². The summed E-state index contributed by atoms with van der Waals surface area (Å²) in [5, 5.41) is 0. The van der Waals surface area contributed by atoms with E-state index < -0.39 is 0 Å². The Labute approximate surface area is 98.2 Å². The highest BCUT2D eigenvalue weighted by atomic mass is 32.2. The molecule has 0 spiro atoms. The first-order valence-electron chi connectivity index (χ1n) is 5.13. The maximum atomic E-state index is 13.6. The molecule has 1 fully saturated rings. The molecular weight excluding hydrogens is 227 g/mol. The number of carbonyl (C=O) groups is 1. The van der Waals surface area contributed by atoms with Crippen LogP contribution in [0.25, 0.3) is 0 Å². The summed E-state index contributed by atoms with van der Waals surface area (Å²) in [6.07, 6.45) is 0.502. The first-order chi connectivity index (χ1) is 7.70. The maximum Gasteiger partial charge on any atom is 0.146 e. The zero-order valence-corrected chi connectivity index (χ0v) is 9.85. The molecule has 0 saturated carbocycles. The molecule has 86 valence electrons. The normalized spacial score (nSPS) is 20.1. The Morgan fingerprint density at radius 3 is 2.94 bits per heavy atom. The van der Waals surface area contributed by atoms with Crippen molar-refractivity contribution in [2.75, 3.05) is 18.6 Å². The van der Waals surface area contributed by atoms with E-state index in [2.05, 4.69) is 0 Å². The van der Waals surface area contributed by atoms with Crippen LogP contribution in [0.1, 0.15) is 5.56 Å². The van der Waals surface area contributed by atoms with Crippen molar-refractivity contribution in [1.29, 1.82) is 0 Å². The van der Waals surface area contributed by atoms with Crippen molar-refractivity contribution in [3.05, 3.63) is 29.6 Å². The Hall–Kier alpha value is -1.03. The standard InChI is InChI=1S/C12H13FO2S/c1-15-10-3-2-8(11(13)5-10)4-9-6-16-7-12(9)14/h2-3,5,9H,4,6-7H2,1H3. The molecule has 2 nitrogen and oxygen atoms in total. The Bertz CT molecular complexity index is 406. The summed E-state index contributed by atoms with van der Waals surface area (Å²) in [5.41, 5.74) is 0.599. The summed E-state index contributed by atoms with van der Waals surface area (Å²) in [4.78, 5) is 11.4. The maximum absolute atomic E-state index is 13.6. The largest absolute Gasteiger partial charge is 0.497 e. The van der Waals surface area contributed by atoms with Gasteiger partial charge in [0.15, 0.2) is 0 Å². The highest BCUT2D eigenvalue weighted by molar-refractivity contribution is 8.00. The molecule has 16 heavy (non-hydrogen) atoms. The van der Waals surface area contributed by atoms with Gasteiger partial charge in [0.1, 0.15) is 17.3 Å². The van der Waals surface area contributed by atoms with Gasteiger partial charge in [0, 0.05) is 17.7 Å². The molecule has 1 aromatic carbocycles. The number of halogens is 1. The Kier molecular flexibility index (Phi) is 3.49. The van der Waals surface area contributed by atoms with Crippen molar-refractivity contribution < 1.29 is 13.9 Å². The van der Waals surface area contributed by atoms with E-state index in [1.54, 1.807) is 23.9 Å². The highest BCUT2D eigenvalue weighted by Crippen LogP contribution is 2.26. The lowest BCUT2D eigenvalue weighted by atomic mass is 9.97. The number of benzene rings is 1. The molecule has 1 unspecified atom stereocenters. The third-order valence-electron chi connectivity index (χ3n) is 2.75. The Morgan fingerprint density at radius 2 is 2.38 bits per heavy atom. The molecule has 4 heteroatoms. The van der Waals surface area contributed by atoms with E-state index in [0.29, 0.717) is 23.5 Å². The van der Waals surface area contributed by atoms with Crippen LogP contribution in [0.5, 0.6) is 5.75 Å². The number of hydrogen-bond donors (Lipinski definition) is 0. The van der Waals surface area contributed by atoms with Gasteiger partial charge in [-0.1, -0.05) is 6.07 Å². The molecule has 2 rings (SSSR count). The van der Waals surface area contributed by atoms with Gasteiger partial charge in [-0.2, -0.15) is 11.8 Å². The molecule has 1 aliphatic rings. The van der Waals surface area contributed by atoms with E-state index in [1.165, 1.54) is 13.2 Å². The molecule has 0 N–H and O–H groups in total. The molecule has 0 amide bonds. The number of hydrogen-bond acceptors (Lipinski definition) is 3. The van der Waals surface area contributed by atoms with Gasteiger partial charge < -0.3 is 4.74 Å². The van der Waals surface area contributed by atoms with Crippen molar-refractivity contribution >= 4 is 17.5 Å². The van der Waals surface area contributed by atoms with Crippen LogP contribution in [-0.2, 0) is 11.2 Å². The Morgan fingerprint density at radius 1 is 1.56 bits per heavy atom. The number of Topliss-reactive ketones (excluding diaryl/α,β-unsaturated/α-hetero) is 1. The topological polar surface area (TPSA) is 26.3 Å². The molecule has 1 aromatic rings. The monoisotopic (exact) mass is 240 g/mol. The smallest absolute Gasteiger partial charge is 0.146 e. The van der Waals surface area contributed by atoms with Gasteiger partial charge in [0.2, 0.25) is 0 Å². The number of methoxy groups -OCH3 is 1. The van der Waals surface area contributed by atoms with E-state index >= 15 is 0 Å².